The van der Waals surface area contributed by atoms with Gasteiger partial charge in [-0.15, -0.1) is 0 Å². The molecule has 0 amide bonds. The van der Waals surface area contributed by atoms with E-state index in [1.807, 2.05) is 0 Å². The number of nitrogens with zero attached hydrogens (tertiary/aromatic N) is 1. The minimum absolute atomic E-state index is 0.000741. The molecule has 86 valence electrons. The van der Waals surface area contributed by atoms with Gasteiger partial charge in [-0.25, -0.2) is 4.39 Å². The van der Waals surface area contributed by atoms with Crippen LogP contribution in [0.1, 0.15) is 30.9 Å². The highest BCUT2D eigenvalue weighted by molar-refractivity contribution is 5.42. The SMILES string of the molecule is O=[N+]([O-])c1ccc(F)cc1C1CCCCN1. The maximum absolute atomic E-state index is 13.1. The molecule has 1 aromatic carbocycles. The third kappa shape index (κ3) is 2.19. The highest BCUT2D eigenvalue weighted by Crippen LogP contribution is 2.30. The fraction of sp³-hybridized carbons (Fsp3) is 0.455. The fourth-order valence-corrected chi connectivity index (χ4v) is 2.09. The lowest BCUT2D eigenvalue weighted by molar-refractivity contribution is -0.385. The third-order valence-electron chi connectivity index (χ3n) is 2.87. The summed E-state index contributed by atoms with van der Waals surface area (Å²) >= 11 is 0. The summed E-state index contributed by atoms with van der Waals surface area (Å²) in [5.41, 5.74) is 0.463. The first-order chi connectivity index (χ1) is 7.68. The number of piperidine rings is 1. The maximum atomic E-state index is 13.1. The summed E-state index contributed by atoms with van der Waals surface area (Å²) in [5, 5.41) is 14.0. The first-order valence-electron chi connectivity index (χ1n) is 5.35. The van der Waals surface area contributed by atoms with Gasteiger partial charge in [-0.1, -0.05) is 6.42 Å². The molecule has 1 unspecified atom stereocenters. The zero-order valence-corrected chi connectivity index (χ0v) is 8.78. The monoisotopic (exact) mass is 224 g/mol. The van der Waals surface area contributed by atoms with E-state index in [9.17, 15) is 14.5 Å². The summed E-state index contributed by atoms with van der Waals surface area (Å²) in [7, 11) is 0. The van der Waals surface area contributed by atoms with Crippen molar-refractivity contribution in [1.82, 2.24) is 5.32 Å². The molecule has 4 nitrogen and oxygen atoms in total. The summed E-state index contributed by atoms with van der Waals surface area (Å²) in [6, 6.07) is 3.54. The molecular weight excluding hydrogens is 211 g/mol. The largest absolute Gasteiger partial charge is 0.310 e. The number of hydrogen-bond donors (Lipinski definition) is 1. The van der Waals surface area contributed by atoms with E-state index in [0.29, 0.717) is 5.56 Å². The van der Waals surface area contributed by atoms with Crippen LogP contribution in [0.2, 0.25) is 0 Å². The molecule has 0 aromatic heterocycles. The van der Waals surface area contributed by atoms with Crippen molar-refractivity contribution in [3.8, 4) is 0 Å². The molecule has 16 heavy (non-hydrogen) atoms. The molecular formula is C11H13FN2O2. The number of benzene rings is 1. The first-order valence-corrected chi connectivity index (χ1v) is 5.35. The standard InChI is InChI=1S/C11H13FN2O2/c12-8-4-5-11(14(15)16)9(7-8)10-3-1-2-6-13-10/h4-5,7,10,13H,1-3,6H2. The molecule has 1 saturated heterocycles. The molecule has 5 heteroatoms. The van der Waals surface area contributed by atoms with Crippen LogP contribution in [0.25, 0.3) is 0 Å². The van der Waals surface area contributed by atoms with Gasteiger partial charge in [-0.05, 0) is 31.5 Å². The first kappa shape index (κ1) is 11.0. The van der Waals surface area contributed by atoms with Gasteiger partial charge in [0, 0.05) is 17.7 Å². The second-order valence-corrected chi connectivity index (χ2v) is 3.96. The highest BCUT2D eigenvalue weighted by Gasteiger charge is 2.23. The van der Waals surface area contributed by atoms with Crippen molar-refractivity contribution in [2.24, 2.45) is 0 Å². The van der Waals surface area contributed by atoms with Gasteiger partial charge in [0.2, 0.25) is 0 Å². The van der Waals surface area contributed by atoms with E-state index in [1.165, 1.54) is 12.1 Å². The van der Waals surface area contributed by atoms with Crippen LogP contribution >= 0.6 is 0 Å². The van der Waals surface area contributed by atoms with Crippen LogP contribution in [-0.4, -0.2) is 11.5 Å². The summed E-state index contributed by atoms with van der Waals surface area (Å²) in [5.74, 6) is -0.423. The Morgan fingerprint density at radius 2 is 2.25 bits per heavy atom. The van der Waals surface area contributed by atoms with Crippen molar-refractivity contribution in [2.75, 3.05) is 6.54 Å². The lowest BCUT2D eigenvalue weighted by Crippen LogP contribution is -2.27. The molecule has 1 N–H and O–H groups in total. The number of halogens is 1. The van der Waals surface area contributed by atoms with Crippen LogP contribution in [0.4, 0.5) is 10.1 Å². The Kier molecular flexibility index (Phi) is 3.14. The van der Waals surface area contributed by atoms with Gasteiger partial charge in [0.05, 0.1) is 4.92 Å². The Morgan fingerprint density at radius 3 is 2.88 bits per heavy atom. The lowest BCUT2D eigenvalue weighted by Gasteiger charge is -2.23. The normalized spacial score (nSPS) is 20.7. The Labute approximate surface area is 92.6 Å². The lowest BCUT2D eigenvalue weighted by atomic mass is 9.96. The molecule has 2 rings (SSSR count). The summed E-state index contributed by atoms with van der Waals surface area (Å²) in [4.78, 5) is 10.4. The van der Waals surface area contributed by atoms with Crippen molar-refractivity contribution in [3.05, 3.63) is 39.7 Å². The van der Waals surface area contributed by atoms with Crippen LogP contribution < -0.4 is 5.32 Å². The van der Waals surface area contributed by atoms with Gasteiger partial charge in [0.25, 0.3) is 5.69 Å². The number of nitro benzene ring substituents is 1. The zero-order chi connectivity index (χ0) is 11.5. The van der Waals surface area contributed by atoms with E-state index < -0.39 is 10.7 Å². The van der Waals surface area contributed by atoms with Crippen molar-refractivity contribution >= 4 is 5.69 Å². The van der Waals surface area contributed by atoms with Crippen LogP contribution in [0.15, 0.2) is 18.2 Å². The molecule has 0 spiro atoms. The van der Waals surface area contributed by atoms with Crippen LogP contribution in [-0.2, 0) is 0 Å². The fourth-order valence-electron chi connectivity index (χ4n) is 2.09. The van der Waals surface area contributed by atoms with Gasteiger partial charge >= 0.3 is 0 Å². The van der Waals surface area contributed by atoms with Crippen molar-refractivity contribution in [1.29, 1.82) is 0 Å². The molecule has 1 atom stereocenters. The zero-order valence-electron chi connectivity index (χ0n) is 8.78. The van der Waals surface area contributed by atoms with Gasteiger partial charge in [0.15, 0.2) is 0 Å². The van der Waals surface area contributed by atoms with E-state index >= 15 is 0 Å². The van der Waals surface area contributed by atoms with Crippen molar-refractivity contribution < 1.29 is 9.31 Å². The summed E-state index contributed by atoms with van der Waals surface area (Å²) in [6.07, 6.45) is 2.91. The molecule has 0 saturated carbocycles. The van der Waals surface area contributed by atoms with E-state index in [4.69, 9.17) is 0 Å². The van der Waals surface area contributed by atoms with E-state index in [1.54, 1.807) is 0 Å². The van der Waals surface area contributed by atoms with E-state index in [2.05, 4.69) is 5.32 Å². The predicted molar refractivity (Wildman–Crippen MR) is 57.6 cm³/mol. The maximum Gasteiger partial charge on any atom is 0.274 e. The van der Waals surface area contributed by atoms with Gasteiger partial charge in [-0.3, -0.25) is 10.1 Å². The molecule has 1 fully saturated rings. The second kappa shape index (κ2) is 4.57. The topological polar surface area (TPSA) is 55.2 Å². The molecule has 1 aliphatic heterocycles. The number of rotatable bonds is 2. The Morgan fingerprint density at radius 1 is 1.44 bits per heavy atom. The van der Waals surface area contributed by atoms with Gasteiger partial charge < -0.3 is 5.32 Å². The average molecular weight is 224 g/mol. The Hall–Kier alpha value is -1.49. The van der Waals surface area contributed by atoms with E-state index in [-0.39, 0.29) is 11.7 Å². The smallest absolute Gasteiger partial charge is 0.274 e. The molecule has 1 heterocycles. The minimum atomic E-state index is -0.453. The highest BCUT2D eigenvalue weighted by atomic mass is 19.1. The van der Waals surface area contributed by atoms with E-state index in [0.717, 1.165) is 31.9 Å². The summed E-state index contributed by atoms with van der Waals surface area (Å²) in [6.45, 7) is 0.832. The number of nitro groups is 1. The second-order valence-electron chi connectivity index (χ2n) is 3.96. The van der Waals surface area contributed by atoms with Crippen molar-refractivity contribution in [3.63, 3.8) is 0 Å². The number of hydrogen-bond acceptors (Lipinski definition) is 3. The summed E-state index contributed by atoms with van der Waals surface area (Å²) < 4.78 is 13.1. The molecule has 0 aliphatic carbocycles. The Balaban J connectivity index is 2.36. The molecule has 0 radical (unpaired) electrons. The molecule has 1 aromatic rings. The quantitative estimate of drug-likeness (QED) is 0.620. The predicted octanol–water partition coefficient (Wildman–Crippen LogP) is 2.55. The van der Waals surface area contributed by atoms with Crippen molar-refractivity contribution in [2.45, 2.75) is 25.3 Å². The average Bonchev–Trinajstić information content (AvgIpc) is 2.29. The molecule has 0 bridgehead atoms. The van der Waals surface area contributed by atoms with Crippen LogP contribution in [0.3, 0.4) is 0 Å². The van der Waals surface area contributed by atoms with Gasteiger partial charge in [0.1, 0.15) is 5.82 Å². The van der Waals surface area contributed by atoms with Crippen LogP contribution in [0, 0.1) is 15.9 Å². The number of nitrogens with one attached hydrogen (secondary N) is 1. The minimum Gasteiger partial charge on any atom is -0.310 e. The Bertz CT molecular complexity index is 403. The third-order valence-corrected chi connectivity index (χ3v) is 2.87. The van der Waals surface area contributed by atoms with Crippen LogP contribution in [0.5, 0.6) is 0 Å². The van der Waals surface area contributed by atoms with Gasteiger partial charge in [-0.2, -0.15) is 0 Å². The molecule has 1 aliphatic rings.